The van der Waals surface area contributed by atoms with E-state index in [2.05, 4.69) is 39.8 Å². The van der Waals surface area contributed by atoms with Gasteiger partial charge in [-0.05, 0) is 44.0 Å². The average molecular weight is 418 g/mol. The van der Waals surface area contributed by atoms with Crippen molar-refractivity contribution in [3.63, 3.8) is 0 Å². The number of benzene rings is 1. The van der Waals surface area contributed by atoms with Crippen molar-refractivity contribution in [3.05, 3.63) is 35.4 Å². The fourth-order valence-corrected chi connectivity index (χ4v) is 3.74. The molecule has 0 spiro atoms. The van der Waals surface area contributed by atoms with E-state index in [9.17, 15) is 4.79 Å². The van der Waals surface area contributed by atoms with Crippen molar-refractivity contribution in [1.82, 2.24) is 15.5 Å². The maximum Gasteiger partial charge on any atom is 0.240 e. The molecule has 2 atom stereocenters. The third-order valence-corrected chi connectivity index (χ3v) is 5.26. The van der Waals surface area contributed by atoms with Crippen molar-refractivity contribution in [3.8, 4) is 0 Å². The molecule has 0 aromatic heterocycles. The van der Waals surface area contributed by atoms with Crippen molar-refractivity contribution in [2.24, 2.45) is 0 Å². The zero-order valence-electron chi connectivity index (χ0n) is 16.1. The van der Waals surface area contributed by atoms with Crippen LogP contribution in [0.2, 0.25) is 0 Å². The number of likely N-dealkylation sites (tertiary alicyclic amines) is 1. The van der Waals surface area contributed by atoms with E-state index in [0.29, 0.717) is 13.2 Å². The highest BCUT2D eigenvalue weighted by atomic mass is 35.5. The Morgan fingerprint density at radius 2 is 1.81 bits per heavy atom. The van der Waals surface area contributed by atoms with Crippen LogP contribution in [0, 0.1) is 0 Å². The SMILES string of the molecule is C[C@H]1OCCN[C@@H]1C(=O)NCc1ccccc1CN1CCCCCC1.Cl.Cl. The molecule has 27 heavy (non-hydrogen) atoms. The molecule has 5 nitrogen and oxygen atoms in total. The van der Waals surface area contributed by atoms with Crippen LogP contribution in [0.5, 0.6) is 0 Å². The van der Waals surface area contributed by atoms with E-state index in [1.165, 1.54) is 49.9 Å². The highest BCUT2D eigenvalue weighted by Crippen LogP contribution is 2.16. The lowest BCUT2D eigenvalue weighted by Crippen LogP contribution is -2.55. The number of halogens is 2. The highest BCUT2D eigenvalue weighted by Gasteiger charge is 2.28. The first-order chi connectivity index (χ1) is 12.2. The summed E-state index contributed by atoms with van der Waals surface area (Å²) >= 11 is 0. The lowest BCUT2D eigenvalue weighted by Gasteiger charge is -2.29. The maximum absolute atomic E-state index is 12.5. The van der Waals surface area contributed by atoms with Gasteiger partial charge in [0.1, 0.15) is 6.04 Å². The Bertz CT molecular complexity index is 566. The summed E-state index contributed by atoms with van der Waals surface area (Å²) in [6.45, 7) is 7.27. The number of rotatable bonds is 5. The first-order valence-corrected chi connectivity index (χ1v) is 9.66. The van der Waals surface area contributed by atoms with Gasteiger partial charge in [0, 0.05) is 19.6 Å². The quantitative estimate of drug-likeness (QED) is 0.772. The van der Waals surface area contributed by atoms with Crippen LogP contribution in [-0.2, 0) is 22.6 Å². The Kier molecular flexibility index (Phi) is 11.3. The van der Waals surface area contributed by atoms with Gasteiger partial charge < -0.3 is 15.4 Å². The van der Waals surface area contributed by atoms with Gasteiger partial charge in [-0.2, -0.15) is 0 Å². The first kappa shape index (κ1) is 24.2. The second-order valence-corrected chi connectivity index (χ2v) is 7.18. The molecule has 3 rings (SSSR count). The Morgan fingerprint density at radius 1 is 1.15 bits per heavy atom. The minimum Gasteiger partial charge on any atom is -0.375 e. The number of carbonyl (C=O) groups excluding carboxylic acids is 1. The van der Waals surface area contributed by atoms with Crippen molar-refractivity contribution in [2.75, 3.05) is 26.2 Å². The Morgan fingerprint density at radius 3 is 2.48 bits per heavy atom. The molecule has 2 N–H and O–H groups in total. The van der Waals surface area contributed by atoms with E-state index in [0.717, 1.165) is 13.1 Å². The third kappa shape index (κ3) is 7.24. The topological polar surface area (TPSA) is 53.6 Å². The molecule has 2 heterocycles. The second kappa shape index (κ2) is 12.6. The summed E-state index contributed by atoms with van der Waals surface area (Å²) in [5.41, 5.74) is 2.54. The number of hydrogen-bond acceptors (Lipinski definition) is 4. The van der Waals surface area contributed by atoms with Gasteiger partial charge in [0.15, 0.2) is 0 Å². The molecule has 2 fully saturated rings. The summed E-state index contributed by atoms with van der Waals surface area (Å²) in [5, 5.41) is 6.34. The lowest BCUT2D eigenvalue weighted by molar-refractivity contribution is -0.129. The second-order valence-electron chi connectivity index (χ2n) is 7.18. The largest absolute Gasteiger partial charge is 0.375 e. The van der Waals surface area contributed by atoms with E-state index in [1.807, 2.05) is 6.92 Å². The van der Waals surface area contributed by atoms with Crippen LogP contribution in [0.3, 0.4) is 0 Å². The van der Waals surface area contributed by atoms with E-state index in [-0.39, 0.29) is 42.9 Å². The molecule has 0 unspecified atom stereocenters. The fraction of sp³-hybridized carbons (Fsp3) is 0.650. The molecule has 7 heteroatoms. The van der Waals surface area contributed by atoms with Gasteiger partial charge in [-0.1, -0.05) is 37.1 Å². The van der Waals surface area contributed by atoms with Crippen molar-refractivity contribution in [1.29, 1.82) is 0 Å². The smallest absolute Gasteiger partial charge is 0.240 e. The summed E-state index contributed by atoms with van der Waals surface area (Å²) < 4.78 is 5.57. The van der Waals surface area contributed by atoms with Crippen LogP contribution in [0.4, 0.5) is 0 Å². The average Bonchev–Trinajstić information content (AvgIpc) is 2.90. The number of nitrogens with zero attached hydrogens (tertiary/aromatic N) is 1. The summed E-state index contributed by atoms with van der Waals surface area (Å²) in [6.07, 6.45) is 5.21. The highest BCUT2D eigenvalue weighted by molar-refractivity contribution is 5.85. The van der Waals surface area contributed by atoms with Crippen LogP contribution in [0.1, 0.15) is 43.7 Å². The Balaban J connectivity index is 0.00000182. The monoisotopic (exact) mass is 417 g/mol. The zero-order valence-corrected chi connectivity index (χ0v) is 17.7. The molecule has 0 bridgehead atoms. The van der Waals surface area contributed by atoms with E-state index in [4.69, 9.17) is 4.74 Å². The predicted molar refractivity (Wildman–Crippen MR) is 114 cm³/mol. The van der Waals surface area contributed by atoms with E-state index in [1.54, 1.807) is 0 Å². The minimum atomic E-state index is -0.258. The summed E-state index contributed by atoms with van der Waals surface area (Å²) in [4.78, 5) is 15.0. The molecule has 2 aliphatic rings. The van der Waals surface area contributed by atoms with Crippen LogP contribution < -0.4 is 10.6 Å². The number of carbonyl (C=O) groups is 1. The zero-order chi connectivity index (χ0) is 17.5. The molecule has 1 amide bonds. The molecule has 1 aromatic carbocycles. The standard InChI is InChI=1S/C20H31N3O2.2ClH/c1-16-19(21-10-13-25-16)20(24)22-14-17-8-4-5-9-18(17)15-23-11-6-2-3-7-12-23;;/h4-5,8-9,16,19,21H,2-3,6-7,10-15H2,1H3,(H,22,24);2*1H/t16-,19+;;/m1../s1. The van der Waals surface area contributed by atoms with Crippen LogP contribution in [-0.4, -0.2) is 49.2 Å². The third-order valence-electron chi connectivity index (χ3n) is 5.26. The first-order valence-electron chi connectivity index (χ1n) is 9.66. The molecule has 1 aromatic rings. The summed E-state index contributed by atoms with van der Waals surface area (Å²) in [5.74, 6) is 0.0248. The number of amides is 1. The summed E-state index contributed by atoms with van der Waals surface area (Å²) in [7, 11) is 0. The number of hydrogen-bond donors (Lipinski definition) is 2. The maximum atomic E-state index is 12.5. The number of ether oxygens (including phenoxy) is 1. The Hall–Kier alpha value is -0.850. The van der Waals surface area contributed by atoms with Crippen molar-refractivity contribution < 1.29 is 9.53 Å². The van der Waals surface area contributed by atoms with Crippen molar-refractivity contribution in [2.45, 2.75) is 57.8 Å². The van der Waals surface area contributed by atoms with Gasteiger partial charge >= 0.3 is 0 Å². The number of morpholine rings is 1. The summed E-state index contributed by atoms with van der Waals surface area (Å²) in [6, 6.07) is 8.21. The van der Waals surface area contributed by atoms with Crippen LogP contribution in [0.25, 0.3) is 0 Å². The normalized spacial score (nSPS) is 23.4. The Labute approximate surface area is 175 Å². The van der Waals surface area contributed by atoms with Gasteiger partial charge in [-0.15, -0.1) is 24.8 Å². The number of nitrogens with one attached hydrogen (secondary N) is 2. The predicted octanol–water partition coefficient (Wildman–Crippen LogP) is 2.90. The van der Waals surface area contributed by atoms with E-state index >= 15 is 0 Å². The molecule has 2 aliphatic heterocycles. The van der Waals surface area contributed by atoms with Crippen LogP contribution in [0.15, 0.2) is 24.3 Å². The van der Waals surface area contributed by atoms with Gasteiger partial charge in [-0.3, -0.25) is 9.69 Å². The molecule has 0 aliphatic carbocycles. The molecular formula is C20H33Cl2N3O2. The van der Waals surface area contributed by atoms with Crippen LogP contribution >= 0.6 is 24.8 Å². The van der Waals surface area contributed by atoms with E-state index < -0.39 is 0 Å². The van der Waals surface area contributed by atoms with Gasteiger partial charge in [0.2, 0.25) is 5.91 Å². The lowest BCUT2D eigenvalue weighted by atomic mass is 10.1. The molecule has 0 radical (unpaired) electrons. The molecule has 2 saturated heterocycles. The molecule has 154 valence electrons. The van der Waals surface area contributed by atoms with Gasteiger partial charge in [0.05, 0.1) is 12.7 Å². The van der Waals surface area contributed by atoms with Gasteiger partial charge in [-0.25, -0.2) is 0 Å². The van der Waals surface area contributed by atoms with Gasteiger partial charge in [0.25, 0.3) is 0 Å². The minimum absolute atomic E-state index is 0. The molecular weight excluding hydrogens is 385 g/mol. The molecule has 0 saturated carbocycles. The fourth-order valence-electron chi connectivity index (χ4n) is 3.74. The van der Waals surface area contributed by atoms with Crippen molar-refractivity contribution >= 4 is 30.7 Å².